The fourth-order valence-corrected chi connectivity index (χ4v) is 2.52. The van der Waals surface area contributed by atoms with Crippen LogP contribution >= 0.6 is 11.3 Å². The van der Waals surface area contributed by atoms with Gasteiger partial charge >= 0.3 is 0 Å². The largest absolute Gasteiger partial charge is 0.441 e. The molecule has 19 heavy (non-hydrogen) atoms. The summed E-state index contributed by atoms with van der Waals surface area (Å²) in [5, 5.41) is 4.77. The lowest BCUT2D eigenvalue weighted by Crippen LogP contribution is -2.21. The summed E-state index contributed by atoms with van der Waals surface area (Å²) in [5.41, 5.74) is 2.59. The number of amides is 1. The smallest absolute Gasteiger partial charge is 0.261 e. The van der Waals surface area contributed by atoms with Gasteiger partial charge in [0.1, 0.15) is 5.52 Å². The fraction of sp³-hybridized carbons (Fsp3) is 0.143. The number of carbonyl (C=O) groups excluding carboxylic acids is 1. The molecule has 1 amide bonds. The molecule has 2 heterocycles. The van der Waals surface area contributed by atoms with E-state index in [4.69, 9.17) is 4.42 Å². The molecule has 0 saturated carbocycles. The number of aryl methyl sites for hydroxylation is 1. The second-order valence-electron chi connectivity index (χ2n) is 4.19. The maximum absolute atomic E-state index is 11.8. The molecule has 0 saturated heterocycles. The Kier molecular flexibility index (Phi) is 3.05. The van der Waals surface area contributed by atoms with Crippen LogP contribution in [0.1, 0.15) is 21.1 Å². The van der Waals surface area contributed by atoms with E-state index in [2.05, 4.69) is 10.3 Å². The molecule has 0 aliphatic carbocycles. The van der Waals surface area contributed by atoms with E-state index in [1.165, 1.54) is 11.3 Å². The highest BCUT2D eigenvalue weighted by Crippen LogP contribution is 2.17. The second kappa shape index (κ2) is 4.85. The molecule has 0 aliphatic rings. The van der Waals surface area contributed by atoms with Gasteiger partial charge in [0.2, 0.25) is 0 Å². The van der Waals surface area contributed by atoms with E-state index < -0.39 is 0 Å². The van der Waals surface area contributed by atoms with Crippen LogP contribution in [0.4, 0.5) is 0 Å². The van der Waals surface area contributed by atoms with Gasteiger partial charge in [-0.25, -0.2) is 4.98 Å². The highest BCUT2D eigenvalue weighted by Gasteiger charge is 2.07. The average molecular weight is 272 g/mol. The van der Waals surface area contributed by atoms with Crippen LogP contribution in [0.15, 0.2) is 40.1 Å². The van der Waals surface area contributed by atoms with Crippen molar-refractivity contribution in [3.05, 3.63) is 52.0 Å². The van der Waals surface area contributed by atoms with Crippen molar-refractivity contribution < 1.29 is 9.21 Å². The monoisotopic (exact) mass is 272 g/mol. The van der Waals surface area contributed by atoms with Crippen molar-refractivity contribution in [2.24, 2.45) is 0 Å². The number of hydrogen-bond donors (Lipinski definition) is 1. The first kappa shape index (κ1) is 11.9. The number of aromatic nitrogens is 1. The molecule has 5 heteroatoms. The number of oxazole rings is 1. The van der Waals surface area contributed by atoms with Gasteiger partial charge in [0.05, 0.1) is 4.88 Å². The highest BCUT2D eigenvalue weighted by atomic mass is 32.1. The Balaban J connectivity index is 1.73. The molecule has 0 unspecified atom stereocenters. The normalized spacial score (nSPS) is 10.8. The third-order valence-electron chi connectivity index (χ3n) is 2.76. The van der Waals surface area contributed by atoms with Crippen LogP contribution in [0.2, 0.25) is 0 Å². The molecule has 0 fully saturated rings. The van der Waals surface area contributed by atoms with Crippen LogP contribution in [0.3, 0.4) is 0 Å². The summed E-state index contributed by atoms with van der Waals surface area (Å²) >= 11 is 1.43. The van der Waals surface area contributed by atoms with Crippen LogP contribution in [-0.4, -0.2) is 10.9 Å². The first-order valence-corrected chi connectivity index (χ1v) is 6.78. The van der Waals surface area contributed by atoms with Gasteiger partial charge in [-0.3, -0.25) is 4.79 Å². The molecule has 0 atom stereocenters. The van der Waals surface area contributed by atoms with E-state index in [0.29, 0.717) is 12.4 Å². The molecule has 0 aliphatic heterocycles. The van der Waals surface area contributed by atoms with Crippen LogP contribution in [0, 0.1) is 6.92 Å². The van der Waals surface area contributed by atoms with Crippen LogP contribution in [0.25, 0.3) is 11.1 Å². The third-order valence-corrected chi connectivity index (χ3v) is 3.63. The van der Waals surface area contributed by atoms with E-state index in [-0.39, 0.29) is 5.91 Å². The molecular weight excluding hydrogens is 260 g/mol. The number of carbonyl (C=O) groups is 1. The quantitative estimate of drug-likeness (QED) is 0.797. The Morgan fingerprint density at radius 3 is 3.11 bits per heavy atom. The Morgan fingerprint density at radius 2 is 2.32 bits per heavy atom. The zero-order valence-electron chi connectivity index (χ0n) is 10.3. The van der Waals surface area contributed by atoms with E-state index in [1.807, 2.05) is 42.6 Å². The summed E-state index contributed by atoms with van der Waals surface area (Å²) in [6.45, 7) is 2.30. The van der Waals surface area contributed by atoms with Crippen molar-refractivity contribution in [2.75, 3.05) is 0 Å². The molecule has 2 aromatic heterocycles. The van der Waals surface area contributed by atoms with E-state index in [9.17, 15) is 4.79 Å². The molecule has 0 spiro atoms. The van der Waals surface area contributed by atoms with Gasteiger partial charge in [-0.2, -0.15) is 0 Å². The SMILES string of the molecule is Cc1nc2cc(CNC(=O)c3cccs3)ccc2o1. The van der Waals surface area contributed by atoms with Crippen molar-refractivity contribution in [3.63, 3.8) is 0 Å². The molecular formula is C14H12N2O2S. The number of fused-ring (bicyclic) bond motifs is 1. The summed E-state index contributed by atoms with van der Waals surface area (Å²) in [6.07, 6.45) is 0. The molecule has 0 bridgehead atoms. The molecule has 3 aromatic rings. The Morgan fingerprint density at radius 1 is 1.42 bits per heavy atom. The lowest BCUT2D eigenvalue weighted by atomic mass is 10.2. The first-order valence-electron chi connectivity index (χ1n) is 5.90. The number of hydrogen-bond acceptors (Lipinski definition) is 4. The Labute approximate surface area is 114 Å². The number of thiophene rings is 1. The van der Waals surface area contributed by atoms with Crippen molar-refractivity contribution in [1.82, 2.24) is 10.3 Å². The van der Waals surface area contributed by atoms with Crippen molar-refractivity contribution in [3.8, 4) is 0 Å². The summed E-state index contributed by atoms with van der Waals surface area (Å²) < 4.78 is 5.41. The molecule has 0 radical (unpaired) electrons. The number of benzene rings is 1. The zero-order valence-corrected chi connectivity index (χ0v) is 11.2. The fourth-order valence-electron chi connectivity index (χ4n) is 1.88. The number of rotatable bonds is 3. The maximum Gasteiger partial charge on any atom is 0.261 e. The van der Waals surface area contributed by atoms with Gasteiger partial charge in [-0.05, 0) is 29.1 Å². The molecule has 1 N–H and O–H groups in total. The van der Waals surface area contributed by atoms with Gasteiger partial charge in [-0.1, -0.05) is 12.1 Å². The zero-order chi connectivity index (χ0) is 13.2. The van der Waals surface area contributed by atoms with Gasteiger partial charge < -0.3 is 9.73 Å². The van der Waals surface area contributed by atoms with Crippen molar-refractivity contribution >= 4 is 28.3 Å². The van der Waals surface area contributed by atoms with Gasteiger partial charge in [0.15, 0.2) is 11.5 Å². The minimum Gasteiger partial charge on any atom is -0.441 e. The van der Waals surface area contributed by atoms with Crippen molar-refractivity contribution in [1.29, 1.82) is 0 Å². The summed E-state index contributed by atoms with van der Waals surface area (Å²) in [5.74, 6) is 0.598. The van der Waals surface area contributed by atoms with E-state index >= 15 is 0 Å². The van der Waals surface area contributed by atoms with E-state index in [1.54, 1.807) is 0 Å². The molecule has 96 valence electrons. The molecule has 4 nitrogen and oxygen atoms in total. The highest BCUT2D eigenvalue weighted by molar-refractivity contribution is 7.12. The summed E-state index contributed by atoms with van der Waals surface area (Å²) in [4.78, 5) is 16.8. The van der Waals surface area contributed by atoms with Crippen LogP contribution < -0.4 is 5.32 Å². The van der Waals surface area contributed by atoms with Crippen LogP contribution in [0.5, 0.6) is 0 Å². The first-order chi connectivity index (χ1) is 9.22. The number of nitrogens with zero attached hydrogens (tertiary/aromatic N) is 1. The minimum absolute atomic E-state index is 0.0496. The average Bonchev–Trinajstić information content (AvgIpc) is 3.03. The Bertz CT molecular complexity index is 716. The number of nitrogens with one attached hydrogen (secondary N) is 1. The standard InChI is InChI=1S/C14H12N2O2S/c1-9-16-11-7-10(4-5-12(11)18-9)8-15-14(17)13-3-2-6-19-13/h2-7H,8H2,1H3,(H,15,17). The topological polar surface area (TPSA) is 55.1 Å². The van der Waals surface area contributed by atoms with E-state index in [0.717, 1.165) is 21.5 Å². The van der Waals surface area contributed by atoms with Gasteiger partial charge in [-0.15, -0.1) is 11.3 Å². The predicted octanol–water partition coefficient (Wildman–Crippen LogP) is 3.13. The molecule has 1 aromatic carbocycles. The lowest BCUT2D eigenvalue weighted by molar-refractivity contribution is 0.0955. The summed E-state index contributed by atoms with van der Waals surface area (Å²) in [7, 11) is 0. The molecule has 3 rings (SSSR count). The third kappa shape index (κ3) is 2.51. The summed E-state index contributed by atoms with van der Waals surface area (Å²) in [6, 6.07) is 9.41. The van der Waals surface area contributed by atoms with Gasteiger partial charge in [0, 0.05) is 13.5 Å². The van der Waals surface area contributed by atoms with Crippen LogP contribution in [-0.2, 0) is 6.54 Å². The Hall–Kier alpha value is -2.14. The second-order valence-corrected chi connectivity index (χ2v) is 5.14. The minimum atomic E-state index is -0.0496. The maximum atomic E-state index is 11.8. The van der Waals surface area contributed by atoms with Gasteiger partial charge in [0.25, 0.3) is 5.91 Å². The lowest BCUT2D eigenvalue weighted by Gasteiger charge is -2.03. The predicted molar refractivity (Wildman–Crippen MR) is 74.2 cm³/mol. The van der Waals surface area contributed by atoms with Crippen molar-refractivity contribution in [2.45, 2.75) is 13.5 Å².